The Balaban J connectivity index is 1.54. The van der Waals surface area contributed by atoms with Gasteiger partial charge in [0.05, 0.1) is 26.4 Å². The van der Waals surface area contributed by atoms with Crippen LogP contribution in [0.15, 0.2) is 66.7 Å². The molecular formula is C34H43N5O6. The second-order valence-corrected chi connectivity index (χ2v) is 11.9. The second-order valence-electron chi connectivity index (χ2n) is 11.9. The standard InChI is InChI=1S/C34H43N5O6/c1-34(2,37-19-26(41)21-40)17-31(42)38-29-14-12-24-16-27(45-3)13-15-30(24)39(32(29)43)20-22-8-10-23(11-9-22)28-7-5-4-6-25(28)18-36-33(35)44/h4-11,13,15-16,26,29,37,40-41H,12,14,17-21H2,1-3H3,(H,38,42)(H3,35,36,44)/t26-,29+/m0/s1. The number of aliphatic hydroxyl groups excluding tert-OH is 2. The largest absolute Gasteiger partial charge is 0.497 e. The highest BCUT2D eigenvalue weighted by Crippen LogP contribution is 2.32. The Labute approximate surface area is 263 Å². The Morgan fingerprint density at radius 3 is 2.53 bits per heavy atom. The molecule has 0 bridgehead atoms. The van der Waals surface area contributed by atoms with Crippen molar-refractivity contribution in [3.8, 4) is 16.9 Å². The fourth-order valence-corrected chi connectivity index (χ4v) is 5.46. The molecule has 0 saturated carbocycles. The summed E-state index contributed by atoms with van der Waals surface area (Å²) >= 11 is 0. The van der Waals surface area contributed by atoms with E-state index in [1.165, 1.54) is 0 Å². The zero-order valence-electron chi connectivity index (χ0n) is 26.0. The van der Waals surface area contributed by atoms with Crippen molar-refractivity contribution in [1.29, 1.82) is 0 Å². The highest BCUT2D eigenvalue weighted by atomic mass is 16.5. The van der Waals surface area contributed by atoms with E-state index in [1.807, 2.05) is 80.6 Å². The van der Waals surface area contributed by atoms with E-state index < -0.39 is 23.7 Å². The highest BCUT2D eigenvalue weighted by molar-refractivity contribution is 6.00. The molecule has 7 N–H and O–H groups in total. The first-order valence-electron chi connectivity index (χ1n) is 15.0. The Bertz CT molecular complexity index is 1490. The molecular weight excluding hydrogens is 574 g/mol. The highest BCUT2D eigenvalue weighted by Gasteiger charge is 2.33. The van der Waals surface area contributed by atoms with Crippen molar-refractivity contribution in [2.24, 2.45) is 5.73 Å². The summed E-state index contributed by atoms with van der Waals surface area (Å²) in [5, 5.41) is 27.5. The number of carbonyl (C=O) groups is 3. The molecule has 1 aliphatic rings. The molecule has 0 spiro atoms. The van der Waals surface area contributed by atoms with Gasteiger partial charge in [-0.1, -0.05) is 48.5 Å². The normalized spacial score (nSPS) is 15.5. The predicted octanol–water partition coefficient (Wildman–Crippen LogP) is 2.61. The third-order valence-corrected chi connectivity index (χ3v) is 7.88. The number of hydrogen-bond acceptors (Lipinski definition) is 7. The summed E-state index contributed by atoms with van der Waals surface area (Å²) in [4.78, 5) is 40.2. The Kier molecular flexibility index (Phi) is 11.2. The fraction of sp³-hybridized carbons (Fsp3) is 0.382. The summed E-state index contributed by atoms with van der Waals surface area (Å²) in [6.45, 7) is 4.02. The smallest absolute Gasteiger partial charge is 0.312 e. The molecule has 4 rings (SSSR count). The van der Waals surface area contributed by atoms with Crippen molar-refractivity contribution in [3.05, 3.63) is 83.4 Å². The number of amides is 4. The summed E-state index contributed by atoms with van der Waals surface area (Å²) in [7, 11) is 1.60. The first-order valence-corrected chi connectivity index (χ1v) is 15.0. The fourth-order valence-electron chi connectivity index (χ4n) is 5.46. The SMILES string of the molecule is COc1ccc2c(c1)CC[C@@H](NC(=O)CC(C)(C)NC[C@H](O)CO)C(=O)N2Cc1ccc(-c2ccccc2CNC(N)=O)cc1. The number of hydrogen-bond donors (Lipinski definition) is 6. The van der Waals surface area contributed by atoms with Crippen LogP contribution < -0.4 is 31.3 Å². The molecule has 0 fully saturated rings. The van der Waals surface area contributed by atoms with Gasteiger partial charge in [-0.05, 0) is 72.7 Å². The van der Waals surface area contributed by atoms with Gasteiger partial charge in [0.25, 0.3) is 0 Å². The molecule has 2 atom stereocenters. The van der Waals surface area contributed by atoms with E-state index in [2.05, 4.69) is 16.0 Å². The Morgan fingerprint density at radius 2 is 1.84 bits per heavy atom. The quantitative estimate of drug-likeness (QED) is 0.172. The third kappa shape index (κ3) is 9.04. The minimum atomic E-state index is -0.928. The number of anilines is 1. The first-order chi connectivity index (χ1) is 21.5. The minimum Gasteiger partial charge on any atom is -0.497 e. The van der Waals surface area contributed by atoms with Gasteiger partial charge < -0.3 is 41.5 Å². The number of β-amino-alcohol motifs (C(OH)–C–C–N with tert-alkyl or cyclic N) is 1. The lowest BCUT2D eigenvalue weighted by Gasteiger charge is -2.29. The van der Waals surface area contributed by atoms with Crippen molar-refractivity contribution in [2.75, 3.05) is 25.2 Å². The zero-order valence-corrected chi connectivity index (χ0v) is 26.0. The molecule has 1 heterocycles. The molecule has 3 aromatic rings. The van der Waals surface area contributed by atoms with Crippen molar-refractivity contribution in [1.82, 2.24) is 16.0 Å². The van der Waals surface area contributed by atoms with Crippen molar-refractivity contribution in [3.63, 3.8) is 0 Å². The Hall–Kier alpha value is -4.45. The summed E-state index contributed by atoms with van der Waals surface area (Å²) in [6, 6.07) is 20.0. The summed E-state index contributed by atoms with van der Waals surface area (Å²) in [6.07, 6.45) is 0.141. The van der Waals surface area contributed by atoms with Crippen LogP contribution >= 0.6 is 0 Å². The van der Waals surface area contributed by atoms with E-state index in [0.717, 1.165) is 33.5 Å². The lowest BCUT2D eigenvalue weighted by Crippen LogP contribution is -2.51. The molecule has 1 aliphatic heterocycles. The number of primary amides is 1. The average Bonchev–Trinajstić information content (AvgIpc) is 3.14. The van der Waals surface area contributed by atoms with Crippen molar-refractivity contribution >= 4 is 23.5 Å². The number of rotatable bonds is 13. The number of aliphatic hydroxyl groups is 2. The number of nitrogens with two attached hydrogens (primary N) is 1. The van der Waals surface area contributed by atoms with Gasteiger partial charge in [-0.15, -0.1) is 0 Å². The maximum Gasteiger partial charge on any atom is 0.312 e. The second kappa shape index (κ2) is 15.0. The number of nitrogens with zero attached hydrogens (tertiary/aromatic N) is 1. The van der Waals surface area contributed by atoms with Gasteiger partial charge in [-0.25, -0.2) is 4.79 Å². The van der Waals surface area contributed by atoms with Crippen LogP contribution in [0.1, 0.15) is 43.4 Å². The van der Waals surface area contributed by atoms with Crippen LogP contribution in [0.4, 0.5) is 10.5 Å². The number of ether oxygens (including phenoxy) is 1. The molecule has 0 aliphatic carbocycles. The van der Waals surface area contributed by atoms with Crippen LogP contribution in [0.3, 0.4) is 0 Å². The minimum absolute atomic E-state index is 0.0770. The number of fused-ring (bicyclic) bond motifs is 1. The van der Waals surface area contributed by atoms with Gasteiger partial charge in [-0.2, -0.15) is 0 Å². The molecule has 0 saturated heterocycles. The lowest BCUT2D eigenvalue weighted by atomic mass is 9.98. The topological polar surface area (TPSA) is 166 Å². The van der Waals surface area contributed by atoms with Crippen molar-refractivity contribution < 1.29 is 29.3 Å². The van der Waals surface area contributed by atoms with Crippen LogP contribution in [0.25, 0.3) is 11.1 Å². The molecule has 45 heavy (non-hydrogen) atoms. The van der Waals surface area contributed by atoms with Gasteiger partial charge in [0.1, 0.15) is 11.8 Å². The van der Waals surface area contributed by atoms with Crippen molar-refractivity contribution in [2.45, 2.75) is 63.9 Å². The van der Waals surface area contributed by atoms with Gasteiger partial charge in [-0.3, -0.25) is 9.59 Å². The molecule has 11 nitrogen and oxygen atoms in total. The van der Waals surface area contributed by atoms with E-state index in [4.69, 9.17) is 15.6 Å². The molecule has 0 unspecified atom stereocenters. The lowest BCUT2D eigenvalue weighted by molar-refractivity contribution is -0.128. The van der Waals surface area contributed by atoms with Crippen LogP contribution in [-0.4, -0.2) is 66.0 Å². The third-order valence-electron chi connectivity index (χ3n) is 7.88. The van der Waals surface area contributed by atoms with Crippen LogP contribution in [-0.2, 0) is 29.1 Å². The summed E-state index contributed by atoms with van der Waals surface area (Å²) in [5.74, 6) is 0.192. The van der Waals surface area contributed by atoms with Gasteiger partial charge >= 0.3 is 6.03 Å². The van der Waals surface area contributed by atoms with E-state index in [0.29, 0.717) is 31.7 Å². The number of urea groups is 1. The molecule has 0 radical (unpaired) electrons. The predicted molar refractivity (Wildman–Crippen MR) is 173 cm³/mol. The average molecular weight is 618 g/mol. The molecule has 11 heteroatoms. The van der Waals surface area contributed by atoms with E-state index in [-0.39, 0.29) is 31.4 Å². The number of methoxy groups -OCH3 is 1. The summed E-state index contributed by atoms with van der Waals surface area (Å²) < 4.78 is 5.45. The molecule has 240 valence electrons. The van der Waals surface area contributed by atoms with Crippen LogP contribution in [0, 0.1) is 0 Å². The van der Waals surface area contributed by atoms with E-state index >= 15 is 0 Å². The van der Waals surface area contributed by atoms with Gasteiger partial charge in [0, 0.05) is 30.7 Å². The number of nitrogens with one attached hydrogen (secondary N) is 3. The van der Waals surface area contributed by atoms with E-state index in [1.54, 1.807) is 12.0 Å². The Morgan fingerprint density at radius 1 is 1.11 bits per heavy atom. The van der Waals surface area contributed by atoms with Crippen LogP contribution in [0.2, 0.25) is 0 Å². The van der Waals surface area contributed by atoms with Gasteiger partial charge in [0.15, 0.2) is 0 Å². The van der Waals surface area contributed by atoms with Crippen LogP contribution in [0.5, 0.6) is 5.75 Å². The maximum atomic E-state index is 14.0. The molecule has 0 aromatic heterocycles. The van der Waals surface area contributed by atoms with Gasteiger partial charge in [0.2, 0.25) is 11.8 Å². The number of benzene rings is 3. The molecule has 3 aromatic carbocycles. The zero-order chi connectivity index (χ0) is 32.6. The maximum absolute atomic E-state index is 14.0. The summed E-state index contributed by atoms with van der Waals surface area (Å²) in [5.41, 5.74) is 10.1. The number of carbonyl (C=O) groups excluding carboxylic acids is 3. The van der Waals surface area contributed by atoms with E-state index in [9.17, 15) is 19.5 Å². The monoisotopic (exact) mass is 617 g/mol. The first kappa shape index (κ1) is 33.4. The number of aryl methyl sites for hydroxylation is 1. The molecule has 4 amide bonds.